The first-order valence-electron chi connectivity index (χ1n) is 7.52. The number of hydrogen-bond acceptors (Lipinski definition) is 5. The number of aliphatic imine (C=N–C) groups is 1. The maximum absolute atomic E-state index is 11.9. The Morgan fingerprint density at radius 2 is 2.14 bits per heavy atom. The summed E-state index contributed by atoms with van der Waals surface area (Å²) in [4.78, 5) is 20.2. The molecule has 0 spiro atoms. The number of hydrogen-bond donors (Lipinski definition) is 0. The molecule has 0 radical (unpaired) electrons. The molecule has 0 saturated carbocycles. The summed E-state index contributed by atoms with van der Waals surface area (Å²) in [5, 5.41) is 0.0667. The lowest BCUT2D eigenvalue weighted by Crippen LogP contribution is -2.38. The lowest BCUT2D eigenvalue weighted by molar-refractivity contribution is -0.142. The molecule has 1 fully saturated rings. The van der Waals surface area contributed by atoms with E-state index in [4.69, 9.17) is 9.73 Å². The molecule has 3 rings (SSSR count). The Labute approximate surface area is 129 Å². The zero-order valence-electron chi connectivity index (χ0n) is 12.2. The summed E-state index contributed by atoms with van der Waals surface area (Å²) < 4.78 is 5.12. The largest absolute Gasteiger partial charge is 0.466 e. The molecule has 0 bridgehead atoms. The van der Waals surface area contributed by atoms with E-state index in [2.05, 4.69) is 11.0 Å². The highest BCUT2D eigenvalue weighted by atomic mass is 32.2. The van der Waals surface area contributed by atoms with Gasteiger partial charge in [0.2, 0.25) is 0 Å². The first kappa shape index (κ1) is 14.4. The Hall–Kier alpha value is -1.49. The molecule has 5 heteroatoms. The highest BCUT2D eigenvalue weighted by molar-refractivity contribution is 8.00. The number of rotatable bonds is 3. The topological polar surface area (TPSA) is 41.9 Å². The van der Waals surface area contributed by atoms with Crippen LogP contribution in [0, 0.1) is 0 Å². The lowest BCUT2D eigenvalue weighted by atomic mass is 10.2. The Balaban J connectivity index is 1.85. The van der Waals surface area contributed by atoms with Crippen LogP contribution in [0.25, 0.3) is 0 Å². The third kappa shape index (κ3) is 3.23. The van der Waals surface area contributed by atoms with Crippen LogP contribution in [-0.2, 0) is 9.53 Å². The van der Waals surface area contributed by atoms with Gasteiger partial charge in [0.25, 0.3) is 0 Å². The molecular formula is C16H20N2O2S. The van der Waals surface area contributed by atoms with Gasteiger partial charge in [-0.15, -0.1) is 11.8 Å². The van der Waals surface area contributed by atoms with E-state index in [1.165, 1.54) is 12.8 Å². The van der Waals surface area contributed by atoms with Crippen molar-refractivity contribution in [2.75, 3.05) is 19.7 Å². The summed E-state index contributed by atoms with van der Waals surface area (Å²) in [6.07, 6.45) is 2.80. The van der Waals surface area contributed by atoms with Crippen LogP contribution in [0.5, 0.6) is 0 Å². The van der Waals surface area contributed by atoms with Crippen LogP contribution < -0.4 is 0 Å². The normalized spacial score (nSPS) is 20.9. The maximum Gasteiger partial charge on any atom is 0.307 e. The van der Waals surface area contributed by atoms with E-state index in [1.54, 1.807) is 11.8 Å². The predicted octanol–water partition coefficient (Wildman–Crippen LogP) is 3.24. The van der Waals surface area contributed by atoms with Gasteiger partial charge in [-0.3, -0.25) is 4.79 Å². The number of para-hydroxylation sites is 1. The van der Waals surface area contributed by atoms with Gasteiger partial charge in [0.15, 0.2) is 0 Å². The van der Waals surface area contributed by atoms with Crippen molar-refractivity contribution in [1.29, 1.82) is 0 Å². The SMILES string of the molecule is CCOC(=O)CC1Sc2ccccc2N=C1N1CCCC1. The van der Waals surface area contributed by atoms with Crippen molar-refractivity contribution >= 4 is 29.3 Å². The number of benzene rings is 1. The van der Waals surface area contributed by atoms with Gasteiger partial charge in [-0.25, -0.2) is 4.99 Å². The summed E-state index contributed by atoms with van der Waals surface area (Å²) in [5.74, 6) is 0.908. The number of ether oxygens (including phenoxy) is 1. The van der Waals surface area contributed by atoms with Crippen LogP contribution >= 0.6 is 11.8 Å². The summed E-state index contributed by atoms with van der Waals surface area (Å²) in [6.45, 7) is 4.36. The first-order chi connectivity index (χ1) is 10.3. The second kappa shape index (κ2) is 6.52. The monoisotopic (exact) mass is 304 g/mol. The van der Waals surface area contributed by atoms with Crippen LogP contribution in [0.1, 0.15) is 26.2 Å². The van der Waals surface area contributed by atoms with Crippen molar-refractivity contribution in [3.05, 3.63) is 24.3 Å². The summed E-state index contributed by atoms with van der Waals surface area (Å²) >= 11 is 1.73. The van der Waals surface area contributed by atoms with Crippen molar-refractivity contribution in [2.24, 2.45) is 4.99 Å². The van der Waals surface area contributed by atoms with Crippen molar-refractivity contribution in [2.45, 2.75) is 36.3 Å². The third-order valence-corrected chi connectivity index (χ3v) is 5.01. The fourth-order valence-electron chi connectivity index (χ4n) is 2.78. The molecule has 1 atom stereocenters. The van der Waals surface area contributed by atoms with Gasteiger partial charge >= 0.3 is 5.97 Å². The lowest BCUT2D eigenvalue weighted by Gasteiger charge is -2.30. The molecule has 21 heavy (non-hydrogen) atoms. The van der Waals surface area contributed by atoms with E-state index < -0.39 is 0 Å². The number of fused-ring (bicyclic) bond motifs is 1. The molecule has 1 aromatic carbocycles. The first-order valence-corrected chi connectivity index (χ1v) is 8.40. The van der Waals surface area contributed by atoms with Crippen molar-refractivity contribution in [3.8, 4) is 0 Å². The van der Waals surface area contributed by atoms with E-state index in [1.807, 2.05) is 25.1 Å². The summed E-state index contributed by atoms with van der Waals surface area (Å²) in [7, 11) is 0. The van der Waals surface area contributed by atoms with Crippen molar-refractivity contribution in [3.63, 3.8) is 0 Å². The molecule has 4 nitrogen and oxygen atoms in total. The second-order valence-electron chi connectivity index (χ2n) is 5.25. The van der Waals surface area contributed by atoms with Gasteiger partial charge in [-0.2, -0.15) is 0 Å². The highest BCUT2D eigenvalue weighted by Gasteiger charge is 2.31. The van der Waals surface area contributed by atoms with Gasteiger partial charge in [-0.05, 0) is 31.9 Å². The van der Waals surface area contributed by atoms with E-state index in [9.17, 15) is 4.79 Å². The zero-order valence-corrected chi connectivity index (χ0v) is 13.1. The molecule has 2 aliphatic rings. The van der Waals surface area contributed by atoms with Crippen LogP contribution in [-0.4, -0.2) is 41.7 Å². The summed E-state index contributed by atoms with van der Waals surface area (Å²) in [5.41, 5.74) is 1.02. The minimum absolute atomic E-state index is 0.0667. The Bertz CT molecular complexity index is 553. The molecule has 1 saturated heterocycles. The zero-order chi connectivity index (χ0) is 14.7. The fourth-order valence-corrected chi connectivity index (χ4v) is 4.00. The Morgan fingerprint density at radius 1 is 1.38 bits per heavy atom. The number of amidine groups is 1. The molecule has 2 heterocycles. The maximum atomic E-state index is 11.9. The number of likely N-dealkylation sites (tertiary alicyclic amines) is 1. The van der Waals surface area contributed by atoms with Gasteiger partial charge in [-0.1, -0.05) is 12.1 Å². The standard InChI is InChI=1S/C16H20N2O2S/c1-2-20-15(19)11-14-16(18-9-5-6-10-18)17-12-7-3-4-8-13(12)21-14/h3-4,7-8,14H,2,5-6,9-11H2,1H3. The minimum Gasteiger partial charge on any atom is -0.466 e. The smallest absolute Gasteiger partial charge is 0.307 e. The second-order valence-corrected chi connectivity index (χ2v) is 6.49. The van der Waals surface area contributed by atoms with E-state index >= 15 is 0 Å². The molecule has 1 aromatic rings. The fraction of sp³-hybridized carbons (Fsp3) is 0.500. The predicted molar refractivity (Wildman–Crippen MR) is 85.2 cm³/mol. The molecule has 112 valence electrons. The van der Waals surface area contributed by atoms with Crippen molar-refractivity contribution < 1.29 is 9.53 Å². The average molecular weight is 304 g/mol. The van der Waals surface area contributed by atoms with Crippen LogP contribution in [0.2, 0.25) is 0 Å². The van der Waals surface area contributed by atoms with Gasteiger partial charge in [0.05, 0.1) is 24.0 Å². The molecule has 0 aliphatic carbocycles. The van der Waals surface area contributed by atoms with Crippen molar-refractivity contribution in [1.82, 2.24) is 4.90 Å². The Kier molecular flexibility index (Phi) is 4.48. The van der Waals surface area contributed by atoms with Crippen LogP contribution in [0.15, 0.2) is 34.2 Å². The van der Waals surface area contributed by atoms with Crippen LogP contribution in [0.3, 0.4) is 0 Å². The average Bonchev–Trinajstić information content (AvgIpc) is 3.01. The van der Waals surface area contributed by atoms with E-state index in [-0.39, 0.29) is 11.2 Å². The number of thioether (sulfide) groups is 1. The van der Waals surface area contributed by atoms with Gasteiger partial charge in [0.1, 0.15) is 5.84 Å². The van der Waals surface area contributed by atoms with Gasteiger partial charge < -0.3 is 9.64 Å². The number of carbonyl (C=O) groups excluding carboxylic acids is 1. The minimum atomic E-state index is -0.138. The Morgan fingerprint density at radius 3 is 2.90 bits per heavy atom. The molecule has 0 amide bonds. The molecular weight excluding hydrogens is 284 g/mol. The van der Waals surface area contributed by atoms with Crippen LogP contribution in [0.4, 0.5) is 5.69 Å². The van der Waals surface area contributed by atoms with Gasteiger partial charge in [0, 0.05) is 18.0 Å². The molecule has 2 aliphatic heterocycles. The molecule has 0 aromatic heterocycles. The highest BCUT2D eigenvalue weighted by Crippen LogP contribution is 2.40. The number of nitrogens with zero attached hydrogens (tertiary/aromatic N) is 2. The number of carbonyl (C=O) groups is 1. The summed E-state index contributed by atoms with van der Waals surface area (Å²) in [6, 6.07) is 8.14. The molecule has 1 unspecified atom stereocenters. The number of esters is 1. The van der Waals surface area contributed by atoms with E-state index in [0.29, 0.717) is 13.0 Å². The van der Waals surface area contributed by atoms with E-state index in [0.717, 1.165) is 29.5 Å². The molecule has 0 N–H and O–H groups in total. The third-order valence-electron chi connectivity index (χ3n) is 3.74. The quantitative estimate of drug-likeness (QED) is 0.804.